The summed E-state index contributed by atoms with van der Waals surface area (Å²) in [5, 5.41) is 9.68. The molecule has 17 heavy (non-hydrogen) atoms. The number of hydrogen-bond acceptors (Lipinski definition) is 8. The van der Waals surface area contributed by atoms with Gasteiger partial charge in [0.15, 0.2) is 0 Å². The molecule has 2 heterocycles. The first-order chi connectivity index (χ1) is 8.12. The summed E-state index contributed by atoms with van der Waals surface area (Å²) < 4.78 is 29.6. The normalized spacial score (nSPS) is 11.1. The van der Waals surface area contributed by atoms with Gasteiger partial charge < -0.3 is 5.32 Å². The highest BCUT2D eigenvalue weighted by atomic mass is 32.2. The van der Waals surface area contributed by atoms with E-state index >= 15 is 0 Å². The van der Waals surface area contributed by atoms with E-state index in [1.54, 1.807) is 7.05 Å². The van der Waals surface area contributed by atoms with Crippen LogP contribution in [0.5, 0.6) is 0 Å². The van der Waals surface area contributed by atoms with Crippen LogP contribution in [0.25, 0.3) is 0 Å². The lowest BCUT2D eigenvalue weighted by Crippen LogP contribution is -2.13. The number of pyridine rings is 1. The molecule has 0 fully saturated rings. The van der Waals surface area contributed by atoms with Gasteiger partial charge in [-0.3, -0.25) is 4.72 Å². The molecule has 0 saturated heterocycles. The van der Waals surface area contributed by atoms with E-state index < -0.39 is 10.0 Å². The van der Waals surface area contributed by atoms with Gasteiger partial charge in [-0.05, 0) is 11.3 Å². The largest absolute Gasteiger partial charge is 0.373 e. The number of nitrogens with one attached hydrogen (secondary N) is 2. The van der Waals surface area contributed by atoms with E-state index in [0.717, 1.165) is 11.5 Å². The summed E-state index contributed by atoms with van der Waals surface area (Å²) in [6, 6.07) is 2.80. The fourth-order valence-electron chi connectivity index (χ4n) is 1.06. The van der Waals surface area contributed by atoms with E-state index in [-0.39, 0.29) is 10.0 Å². The highest BCUT2D eigenvalue weighted by molar-refractivity contribution is 7.93. The van der Waals surface area contributed by atoms with Crippen molar-refractivity contribution in [2.45, 2.75) is 4.90 Å². The molecule has 0 radical (unpaired) electrons. The van der Waals surface area contributed by atoms with Crippen molar-refractivity contribution >= 4 is 32.5 Å². The van der Waals surface area contributed by atoms with Gasteiger partial charge in [-0.1, -0.05) is 9.59 Å². The molecule has 0 aromatic carbocycles. The first-order valence-corrected chi connectivity index (χ1v) is 6.69. The predicted octanol–water partition coefficient (Wildman–Crippen LogP) is 0.171. The van der Waals surface area contributed by atoms with Gasteiger partial charge in [0.2, 0.25) is 5.13 Å². The summed E-state index contributed by atoms with van der Waals surface area (Å²) in [4.78, 5) is 4.02. The quantitative estimate of drug-likeness (QED) is 0.816. The van der Waals surface area contributed by atoms with Gasteiger partial charge in [-0.2, -0.15) is 0 Å². The molecular formula is C7H8N6O2S2. The van der Waals surface area contributed by atoms with Crippen molar-refractivity contribution in [3.05, 3.63) is 18.3 Å². The molecular weight excluding hydrogens is 264 g/mol. The standard InChI is InChI=1S/C7H8N6O2S2/c1-8-6-4-5(2-3-9-6)17(14,15)11-7-10-12-13-16-7/h2-4H,1H3,(H,8,9)(H,10,11,13). The Balaban J connectivity index is 2.31. The zero-order chi connectivity index (χ0) is 12.3. The van der Waals surface area contributed by atoms with Crippen LogP contribution in [-0.2, 0) is 10.0 Å². The average Bonchev–Trinajstić information content (AvgIpc) is 2.81. The molecule has 0 aliphatic heterocycles. The van der Waals surface area contributed by atoms with Crippen LogP contribution in [0.3, 0.4) is 0 Å². The summed E-state index contributed by atoms with van der Waals surface area (Å²) in [5.74, 6) is 0.461. The smallest absolute Gasteiger partial charge is 0.263 e. The molecule has 0 aliphatic rings. The van der Waals surface area contributed by atoms with Crippen molar-refractivity contribution in [1.29, 1.82) is 0 Å². The van der Waals surface area contributed by atoms with E-state index in [9.17, 15) is 8.42 Å². The molecule has 90 valence electrons. The summed E-state index contributed by atoms with van der Waals surface area (Å²) in [7, 11) is -2.02. The van der Waals surface area contributed by atoms with Crippen LogP contribution >= 0.6 is 11.5 Å². The molecule has 0 aliphatic carbocycles. The summed E-state index contributed by atoms with van der Waals surface area (Å²) in [6.07, 6.45) is 1.40. The first kappa shape index (κ1) is 11.7. The first-order valence-electron chi connectivity index (χ1n) is 4.43. The molecule has 0 unspecified atom stereocenters. The predicted molar refractivity (Wildman–Crippen MR) is 62.3 cm³/mol. The third kappa shape index (κ3) is 2.65. The highest BCUT2D eigenvalue weighted by Crippen LogP contribution is 2.17. The van der Waals surface area contributed by atoms with Crippen molar-refractivity contribution in [3.63, 3.8) is 0 Å². The van der Waals surface area contributed by atoms with Crippen LogP contribution in [0.2, 0.25) is 0 Å². The van der Waals surface area contributed by atoms with E-state index in [1.165, 1.54) is 18.3 Å². The number of anilines is 2. The minimum atomic E-state index is -3.68. The molecule has 0 amide bonds. The maximum absolute atomic E-state index is 11.9. The summed E-state index contributed by atoms with van der Waals surface area (Å²) in [5.41, 5.74) is 0. The lowest BCUT2D eigenvalue weighted by atomic mass is 10.5. The molecule has 2 aromatic heterocycles. The molecule has 0 atom stereocenters. The molecule has 2 N–H and O–H groups in total. The fourth-order valence-corrected chi connectivity index (χ4v) is 2.66. The molecule has 0 saturated carbocycles. The fraction of sp³-hybridized carbons (Fsp3) is 0.143. The van der Waals surface area contributed by atoms with Gasteiger partial charge in [-0.15, -0.1) is 0 Å². The second-order valence-electron chi connectivity index (χ2n) is 2.90. The third-order valence-electron chi connectivity index (χ3n) is 1.82. The second-order valence-corrected chi connectivity index (χ2v) is 5.31. The number of rotatable bonds is 4. The Morgan fingerprint density at radius 1 is 1.41 bits per heavy atom. The SMILES string of the molecule is CNc1cc(S(=O)(=O)Nc2nnns2)ccn1. The summed E-state index contributed by atoms with van der Waals surface area (Å²) >= 11 is 0.861. The minimum absolute atomic E-state index is 0.0899. The lowest BCUT2D eigenvalue weighted by molar-refractivity contribution is 0.601. The maximum atomic E-state index is 11.9. The Hall–Kier alpha value is -1.81. The topological polar surface area (TPSA) is 110 Å². The van der Waals surface area contributed by atoms with Gasteiger partial charge in [0.05, 0.1) is 4.90 Å². The van der Waals surface area contributed by atoms with Crippen LogP contribution in [0.15, 0.2) is 23.2 Å². The molecule has 2 rings (SSSR count). The van der Waals surface area contributed by atoms with Gasteiger partial charge in [0.1, 0.15) is 5.82 Å². The summed E-state index contributed by atoms with van der Waals surface area (Å²) in [6.45, 7) is 0. The molecule has 10 heteroatoms. The molecule has 0 bridgehead atoms. The van der Waals surface area contributed by atoms with Crippen LogP contribution in [0.4, 0.5) is 10.9 Å². The molecule has 0 spiro atoms. The monoisotopic (exact) mass is 272 g/mol. The molecule has 8 nitrogen and oxygen atoms in total. The highest BCUT2D eigenvalue weighted by Gasteiger charge is 2.16. The van der Waals surface area contributed by atoms with Gasteiger partial charge >= 0.3 is 0 Å². The van der Waals surface area contributed by atoms with Gasteiger partial charge in [0, 0.05) is 30.8 Å². The van der Waals surface area contributed by atoms with Crippen LogP contribution in [0.1, 0.15) is 0 Å². The zero-order valence-corrected chi connectivity index (χ0v) is 10.3. The maximum Gasteiger partial charge on any atom is 0.263 e. The number of nitrogens with zero attached hydrogens (tertiary/aromatic N) is 4. The Kier molecular flexibility index (Phi) is 3.15. The van der Waals surface area contributed by atoms with E-state index in [4.69, 9.17) is 0 Å². The van der Waals surface area contributed by atoms with Crippen molar-refractivity contribution in [3.8, 4) is 0 Å². The van der Waals surface area contributed by atoms with E-state index in [0.29, 0.717) is 5.82 Å². The zero-order valence-electron chi connectivity index (χ0n) is 8.65. The average molecular weight is 272 g/mol. The van der Waals surface area contributed by atoms with Crippen LogP contribution in [0, 0.1) is 0 Å². The third-order valence-corrected chi connectivity index (χ3v) is 3.80. The van der Waals surface area contributed by atoms with Crippen molar-refractivity contribution in [1.82, 2.24) is 19.8 Å². The Labute approximate surface area is 101 Å². The lowest BCUT2D eigenvalue weighted by Gasteiger charge is -2.05. The number of sulfonamides is 1. The molecule has 2 aromatic rings. The van der Waals surface area contributed by atoms with Crippen molar-refractivity contribution < 1.29 is 8.42 Å². The van der Waals surface area contributed by atoms with Crippen molar-refractivity contribution in [2.75, 3.05) is 17.1 Å². The van der Waals surface area contributed by atoms with Gasteiger partial charge in [0.25, 0.3) is 10.0 Å². The van der Waals surface area contributed by atoms with Crippen molar-refractivity contribution in [2.24, 2.45) is 0 Å². The van der Waals surface area contributed by atoms with Crippen LogP contribution in [-0.4, -0.2) is 35.2 Å². The number of aromatic nitrogens is 4. The minimum Gasteiger partial charge on any atom is -0.373 e. The van der Waals surface area contributed by atoms with E-state index in [2.05, 4.69) is 29.8 Å². The Morgan fingerprint density at radius 3 is 2.88 bits per heavy atom. The van der Waals surface area contributed by atoms with Crippen LogP contribution < -0.4 is 10.0 Å². The van der Waals surface area contributed by atoms with Gasteiger partial charge in [-0.25, -0.2) is 13.4 Å². The Morgan fingerprint density at radius 2 is 2.24 bits per heavy atom. The second kappa shape index (κ2) is 4.59. The Bertz CT molecular complexity index is 597. The number of hydrogen-bond donors (Lipinski definition) is 2. The van der Waals surface area contributed by atoms with E-state index in [1.807, 2.05) is 0 Å².